The van der Waals surface area contributed by atoms with Crippen LogP contribution in [0.5, 0.6) is 0 Å². The van der Waals surface area contributed by atoms with Crippen molar-refractivity contribution in [3.63, 3.8) is 0 Å². The zero-order chi connectivity index (χ0) is 15.4. The molecule has 108 valence electrons. The predicted molar refractivity (Wildman–Crippen MR) is 63.9 cm³/mol. The molecule has 0 radical (unpaired) electrons. The van der Waals surface area contributed by atoms with E-state index in [-0.39, 0.29) is 0 Å². The minimum absolute atomic E-state index is 0.565. The third kappa shape index (κ3) is 3.64. The van der Waals surface area contributed by atoms with Crippen LogP contribution in [-0.2, 0) is 9.59 Å². The monoisotopic (exact) mass is 287 g/mol. The average Bonchev–Trinajstić information content (AvgIpc) is 2.25. The Balaban J connectivity index is 3.28. The number of carbonyl (C=O) groups is 3. The number of amides is 2. The van der Waals surface area contributed by atoms with Gasteiger partial charge in [0.2, 0.25) is 11.8 Å². The van der Waals surface area contributed by atoms with Gasteiger partial charge in [-0.3, -0.25) is 9.59 Å². The van der Waals surface area contributed by atoms with Gasteiger partial charge in [0.1, 0.15) is 17.3 Å². The van der Waals surface area contributed by atoms with Gasteiger partial charge in [0.25, 0.3) is 0 Å². The van der Waals surface area contributed by atoms with Gasteiger partial charge < -0.3 is 21.5 Å². The fourth-order valence-electron chi connectivity index (χ4n) is 1.58. The topological polar surface area (TPSA) is 127 Å². The number of halogens is 2. The first-order valence-corrected chi connectivity index (χ1v) is 5.26. The smallest absolute Gasteiger partial charge is 0.335 e. The normalized spacial score (nSPS) is 10.1. The van der Waals surface area contributed by atoms with Crippen molar-refractivity contribution in [3.05, 3.63) is 29.3 Å². The highest BCUT2D eigenvalue weighted by atomic mass is 19.1. The van der Waals surface area contributed by atoms with Crippen LogP contribution < -0.4 is 16.4 Å². The number of carboxylic acids is 1. The van der Waals surface area contributed by atoms with Gasteiger partial charge >= 0.3 is 5.97 Å². The van der Waals surface area contributed by atoms with Crippen LogP contribution in [0.4, 0.5) is 14.5 Å². The molecule has 20 heavy (non-hydrogen) atoms. The molecule has 0 aliphatic rings. The molecule has 0 atom stereocenters. The fraction of sp³-hybridized carbons (Fsp3) is 0.182. The second kappa shape index (κ2) is 5.95. The summed E-state index contributed by atoms with van der Waals surface area (Å²) < 4.78 is 27.5. The maximum absolute atomic E-state index is 13.8. The van der Waals surface area contributed by atoms with E-state index in [1.54, 1.807) is 0 Å². The van der Waals surface area contributed by atoms with Crippen molar-refractivity contribution < 1.29 is 28.3 Å². The highest BCUT2D eigenvalue weighted by Gasteiger charge is 2.22. The van der Waals surface area contributed by atoms with Crippen LogP contribution in [0.2, 0.25) is 0 Å². The van der Waals surface area contributed by atoms with E-state index in [1.165, 1.54) is 0 Å². The van der Waals surface area contributed by atoms with E-state index >= 15 is 0 Å². The Labute approximate surface area is 111 Å². The van der Waals surface area contributed by atoms with Crippen molar-refractivity contribution in [1.82, 2.24) is 0 Å². The summed E-state index contributed by atoms with van der Waals surface area (Å²) in [4.78, 5) is 33.0. The summed E-state index contributed by atoms with van der Waals surface area (Å²) in [6, 6.07) is 1.13. The van der Waals surface area contributed by atoms with E-state index in [0.717, 1.165) is 0 Å². The molecule has 0 aliphatic carbocycles. The van der Waals surface area contributed by atoms with E-state index in [9.17, 15) is 23.2 Å². The first-order valence-electron chi connectivity index (χ1n) is 5.26. The Morgan fingerprint density at radius 2 is 1.45 bits per heavy atom. The van der Waals surface area contributed by atoms with Crippen LogP contribution in [-0.4, -0.2) is 36.0 Å². The predicted octanol–water partition coefficient (Wildman–Crippen LogP) is -0.560. The summed E-state index contributed by atoms with van der Waals surface area (Å²) in [6.07, 6.45) is 0. The summed E-state index contributed by atoms with van der Waals surface area (Å²) in [7, 11) is 0. The molecule has 0 aliphatic heterocycles. The number of rotatable bonds is 6. The number of hydrogen-bond donors (Lipinski definition) is 3. The molecular weight excluding hydrogens is 276 g/mol. The zero-order valence-corrected chi connectivity index (χ0v) is 10.1. The molecule has 2 amide bonds. The molecule has 0 heterocycles. The van der Waals surface area contributed by atoms with Crippen LogP contribution in [0.1, 0.15) is 10.4 Å². The van der Waals surface area contributed by atoms with E-state index < -0.39 is 53.8 Å². The molecule has 0 spiro atoms. The third-order valence-corrected chi connectivity index (χ3v) is 2.27. The van der Waals surface area contributed by atoms with Gasteiger partial charge in [0, 0.05) is 0 Å². The molecule has 0 saturated heterocycles. The second-order valence-electron chi connectivity index (χ2n) is 3.88. The maximum Gasteiger partial charge on any atom is 0.335 e. The van der Waals surface area contributed by atoms with E-state index in [1.807, 2.05) is 0 Å². The molecule has 1 rings (SSSR count). The number of primary amides is 2. The average molecular weight is 287 g/mol. The second-order valence-corrected chi connectivity index (χ2v) is 3.88. The minimum atomic E-state index is -1.52. The van der Waals surface area contributed by atoms with E-state index in [4.69, 9.17) is 16.6 Å². The van der Waals surface area contributed by atoms with Crippen LogP contribution in [0.3, 0.4) is 0 Å². The molecule has 0 saturated carbocycles. The molecule has 1 aromatic rings. The number of hydrogen-bond acceptors (Lipinski definition) is 4. The van der Waals surface area contributed by atoms with Gasteiger partial charge in [-0.2, -0.15) is 0 Å². The Hall–Kier alpha value is -2.71. The number of anilines is 1. The number of nitrogens with two attached hydrogens (primary N) is 2. The first kappa shape index (κ1) is 15.3. The van der Waals surface area contributed by atoms with Gasteiger partial charge in [0.15, 0.2) is 0 Å². The molecule has 0 fully saturated rings. The van der Waals surface area contributed by atoms with Gasteiger partial charge in [0.05, 0.1) is 18.7 Å². The molecule has 1 aromatic carbocycles. The van der Waals surface area contributed by atoms with Gasteiger partial charge in [-0.25, -0.2) is 13.6 Å². The summed E-state index contributed by atoms with van der Waals surface area (Å²) >= 11 is 0. The van der Waals surface area contributed by atoms with Gasteiger partial charge in [-0.1, -0.05) is 0 Å². The third-order valence-electron chi connectivity index (χ3n) is 2.27. The Bertz CT molecular complexity index is 538. The molecule has 7 nitrogen and oxygen atoms in total. The maximum atomic E-state index is 13.8. The number of carbonyl (C=O) groups excluding carboxylic acids is 2. The number of benzene rings is 1. The van der Waals surface area contributed by atoms with Crippen molar-refractivity contribution in [2.45, 2.75) is 0 Å². The summed E-state index contributed by atoms with van der Waals surface area (Å²) in [5.74, 6) is -5.89. The molecule has 0 aromatic heterocycles. The zero-order valence-electron chi connectivity index (χ0n) is 10.1. The standard InChI is InChI=1S/C11H11F2N3O4/c12-6-1-5(11(19)20)2-7(13)10(6)16(3-8(14)17)4-9(15)18/h1-2H,3-4H2,(H2,14,17)(H2,15,18)(H,19,20). The van der Waals surface area contributed by atoms with Crippen LogP contribution in [0.25, 0.3) is 0 Å². The van der Waals surface area contributed by atoms with Crippen molar-refractivity contribution in [1.29, 1.82) is 0 Å². The Morgan fingerprint density at radius 1 is 1.05 bits per heavy atom. The number of carboxylic acid groups (broad SMARTS) is 1. The molecule has 0 bridgehead atoms. The largest absolute Gasteiger partial charge is 0.478 e. The van der Waals surface area contributed by atoms with E-state index in [0.29, 0.717) is 17.0 Å². The van der Waals surface area contributed by atoms with Crippen molar-refractivity contribution in [2.24, 2.45) is 11.5 Å². The first-order chi connectivity index (χ1) is 9.22. The van der Waals surface area contributed by atoms with Crippen molar-refractivity contribution >= 4 is 23.5 Å². The lowest BCUT2D eigenvalue weighted by Crippen LogP contribution is -2.40. The summed E-state index contributed by atoms with van der Waals surface area (Å²) in [5.41, 5.74) is 8.47. The highest BCUT2D eigenvalue weighted by Crippen LogP contribution is 2.24. The quantitative estimate of drug-likeness (QED) is 0.646. The lowest BCUT2D eigenvalue weighted by Gasteiger charge is -2.22. The lowest BCUT2D eigenvalue weighted by molar-refractivity contribution is -0.117. The molecule has 0 unspecified atom stereocenters. The number of aromatic carboxylic acids is 1. The summed E-state index contributed by atoms with van der Waals surface area (Å²) in [5, 5.41) is 8.66. The molecule has 5 N–H and O–H groups in total. The van der Waals surface area contributed by atoms with Crippen LogP contribution in [0.15, 0.2) is 12.1 Å². The molecule has 9 heteroatoms. The number of nitrogens with zero attached hydrogens (tertiary/aromatic N) is 1. The van der Waals surface area contributed by atoms with Crippen LogP contribution in [0, 0.1) is 11.6 Å². The van der Waals surface area contributed by atoms with Crippen molar-refractivity contribution in [3.8, 4) is 0 Å². The lowest BCUT2D eigenvalue weighted by atomic mass is 10.1. The Kier molecular flexibility index (Phi) is 4.57. The highest BCUT2D eigenvalue weighted by molar-refractivity contribution is 5.89. The summed E-state index contributed by atoms with van der Waals surface area (Å²) in [6.45, 7) is -1.30. The van der Waals surface area contributed by atoms with Crippen molar-refractivity contribution in [2.75, 3.05) is 18.0 Å². The van der Waals surface area contributed by atoms with Gasteiger partial charge in [-0.05, 0) is 12.1 Å². The van der Waals surface area contributed by atoms with Crippen LogP contribution >= 0.6 is 0 Å². The SMILES string of the molecule is NC(=O)CN(CC(N)=O)c1c(F)cc(C(=O)O)cc1F. The Morgan fingerprint density at radius 3 is 1.75 bits per heavy atom. The fourth-order valence-corrected chi connectivity index (χ4v) is 1.58. The van der Waals surface area contributed by atoms with Gasteiger partial charge in [-0.15, -0.1) is 0 Å². The van der Waals surface area contributed by atoms with E-state index in [2.05, 4.69) is 0 Å². The minimum Gasteiger partial charge on any atom is -0.478 e. The molecular formula is C11H11F2N3O4.